The molecule has 1 spiro atoms. The number of nitrogens with one attached hydrogen (secondary N) is 1. The van der Waals surface area contributed by atoms with Crippen molar-refractivity contribution in [2.75, 3.05) is 26.1 Å². The molecule has 1 aliphatic carbocycles. The molecule has 0 atom stereocenters. The number of benzene rings is 2. The minimum Gasteiger partial charge on any atom is -0.493 e. The lowest BCUT2D eigenvalue weighted by Gasteiger charge is -2.21. The van der Waals surface area contributed by atoms with E-state index in [0.29, 0.717) is 34.2 Å². The highest BCUT2D eigenvalue weighted by Crippen LogP contribution is 2.47. The summed E-state index contributed by atoms with van der Waals surface area (Å²) in [6.07, 6.45) is 3.89. The number of carbonyl (C=O) groups excluding carboxylic acids is 2. The number of ether oxygens (including phenoxy) is 5. The standard InChI is InChI=1S/C23H25NO7/c1-27-17-7-5-15(11-19(17)28-2)12-22(26)29-14-21(25)24-16-6-8-18-20(13-16)31-23(30-18)9-3-4-10-23/h5-8,11,13H,3-4,9-10,12,14H2,1-2H3,(H,24,25). The van der Waals surface area contributed by atoms with E-state index >= 15 is 0 Å². The van der Waals surface area contributed by atoms with Gasteiger partial charge in [0, 0.05) is 24.6 Å². The maximum atomic E-state index is 12.2. The molecule has 1 saturated carbocycles. The zero-order valence-electron chi connectivity index (χ0n) is 17.6. The molecular weight excluding hydrogens is 402 g/mol. The average Bonchev–Trinajstić information content (AvgIpc) is 3.37. The zero-order chi connectivity index (χ0) is 21.8. The highest BCUT2D eigenvalue weighted by atomic mass is 16.7. The number of hydrogen-bond acceptors (Lipinski definition) is 7. The summed E-state index contributed by atoms with van der Waals surface area (Å²) in [5.74, 6) is 0.886. The van der Waals surface area contributed by atoms with Gasteiger partial charge in [-0.05, 0) is 42.7 Å². The number of fused-ring (bicyclic) bond motifs is 1. The SMILES string of the molecule is COc1ccc(CC(=O)OCC(=O)Nc2ccc3c(c2)OC2(CCCC2)O3)cc1OC. The van der Waals surface area contributed by atoms with Crippen LogP contribution in [0.15, 0.2) is 36.4 Å². The molecule has 1 heterocycles. The van der Waals surface area contributed by atoms with E-state index in [9.17, 15) is 9.59 Å². The van der Waals surface area contributed by atoms with E-state index < -0.39 is 17.7 Å². The normalized spacial score (nSPS) is 15.5. The molecule has 1 fully saturated rings. The first-order valence-corrected chi connectivity index (χ1v) is 10.2. The van der Waals surface area contributed by atoms with Gasteiger partial charge in [0.25, 0.3) is 11.7 Å². The molecule has 0 bridgehead atoms. The number of carbonyl (C=O) groups is 2. The van der Waals surface area contributed by atoms with Crippen LogP contribution in [0.4, 0.5) is 5.69 Å². The van der Waals surface area contributed by atoms with Gasteiger partial charge in [-0.25, -0.2) is 0 Å². The molecule has 8 heteroatoms. The second-order valence-electron chi connectivity index (χ2n) is 7.56. The second-order valence-corrected chi connectivity index (χ2v) is 7.56. The van der Waals surface area contributed by atoms with Gasteiger partial charge in [0.15, 0.2) is 29.6 Å². The number of amides is 1. The lowest BCUT2D eigenvalue weighted by molar-refractivity contribution is -0.146. The van der Waals surface area contributed by atoms with Gasteiger partial charge in [0.05, 0.1) is 20.6 Å². The third-order valence-corrected chi connectivity index (χ3v) is 5.35. The number of anilines is 1. The average molecular weight is 427 g/mol. The lowest BCUT2D eigenvalue weighted by Crippen LogP contribution is -2.34. The van der Waals surface area contributed by atoms with Gasteiger partial charge in [-0.2, -0.15) is 0 Å². The van der Waals surface area contributed by atoms with Crippen molar-refractivity contribution in [3.63, 3.8) is 0 Å². The fraction of sp³-hybridized carbons (Fsp3) is 0.391. The minimum absolute atomic E-state index is 0.0136. The highest BCUT2D eigenvalue weighted by molar-refractivity contribution is 5.93. The largest absolute Gasteiger partial charge is 0.493 e. The maximum Gasteiger partial charge on any atom is 0.310 e. The van der Waals surface area contributed by atoms with Crippen molar-refractivity contribution in [2.45, 2.75) is 37.9 Å². The molecule has 1 N–H and O–H groups in total. The second kappa shape index (κ2) is 8.75. The smallest absolute Gasteiger partial charge is 0.310 e. The monoisotopic (exact) mass is 427 g/mol. The summed E-state index contributed by atoms with van der Waals surface area (Å²) in [4.78, 5) is 24.3. The Morgan fingerprint density at radius 2 is 1.71 bits per heavy atom. The van der Waals surface area contributed by atoms with E-state index in [-0.39, 0.29) is 13.0 Å². The molecule has 2 aliphatic rings. The van der Waals surface area contributed by atoms with Crippen LogP contribution >= 0.6 is 0 Å². The zero-order valence-corrected chi connectivity index (χ0v) is 17.6. The van der Waals surface area contributed by atoms with Crippen LogP contribution in [-0.4, -0.2) is 38.5 Å². The van der Waals surface area contributed by atoms with Crippen LogP contribution in [0.25, 0.3) is 0 Å². The first-order valence-electron chi connectivity index (χ1n) is 10.2. The van der Waals surface area contributed by atoms with Gasteiger partial charge < -0.3 is 29.0 Å². The molecule has 0 aromatic heterocycles. The molecular formula is C23H25NO7. The van der Waals surface area contributed by atoms with Crippen molar-refractivity contribution in [1.82, 2.24) is 0 Å². The van der Waals surface area contributed by atoms with E-state index in [1.807, 2.05) is 0 Å². The van der Waals surface area contributed by atoms with Crippen LogP contribution in [0.5, 0.6) is 23.0 Å². The van der Waals surface area contributed by atoms with Gasteiger partial charge >= 0.3 is 5.97 Å². The van der Waals surface area contributed by atoms with E-state index in [1.165, 1.54) is 14.2 Å². The summed E-state index contributed by atoms with van der Waals surface area (Å²) in [5.41, 5.74) is 1.25. The molecule has 2 aromatic rings. The predicted octanol–water partition coefficient (Wildman–Crippen LogP) is 3.47. The van der Waals surface area contributed by atoms with Crippen LogP contribution in [0.2, 0.25) is 0 Å². The van der Waals surface area contributed by atoms with E-state index in [1.54, 1.807) is 36.4 Å². The van der Waals surface area contributed by atoms with Crippen molar-refractivity contribution in [2.24, 2.45) is 0 Å². The molecule has 1 aliphatic heterocycles. The Labute approximate surface area is 180 Å². The van der Waals surface area contributed by atoms with E-state index in [2.05, 4.69) is 5.32 Å². The van der Waals surface area contributed by atoms with Gasteiger partial charge in [0.2, 0.25) is 0 Å². The van der Waals surface area contributed by atoms with Gasteiger partial charge in [0.1, 0.15) is 0 Å². The van der Waals surface area contributed by atoms with Crippen molar-refractivity contribution >= 4 is 17.6 Å². The Hall–Kier alpha value is -3.42. The fourth-order valence-electron chi connectivity index (χ4n) is 3.84. The molecule has 0 unspecified atom stereocenters. The lowest BCUT2D eigenvalue weighted by atomic mass is 10.1. The third-order valence-electron chi connectivity index (χ3n) is 5.35. The number of hydrogen-bond donors (Lipinski definition) is 1. The van der Waals surface area contributed by atoms with Crippen LogP contribution in [0, 0.1) is 0 Å². The number of rotatable bonds is 7. The van der Waals surface area contributed by atoms with Gasteiger partial charge in [-0.15, -0.1) is 0 Å². The van der Waals surface area contributed by atoms with Crippen LogP contribution in [-0.2, 0) is 20.7 Å². The first kappa shape index (κ1) is 20.8. The van der Waals surface area contributed by atoms with E-state index in [0.717, 1.165) is 25.7 Å². The predicted molar refractivity (Wildman–Crippen MR) is 112 cm³/mol. The summed E-state index contributed by atoms with van der Waals surface area (Å²) in [5, 5.41) is 2.71. The molecule has 8 nitrogen and oxygen atoms in total. The summed E-state index contributed by atoms with van der Waals surface area (Å²) in [7, 11) is 3.06. The van der Waals surface area contributed by atoms with Gasteiger partial charge in [-0.1, -0.05) is 6.07 Å². The van der Waals surface area contributed by atoms with Crippen molar-refractivity contribution < 1.29 is 33.3 Å². The quantitative estimate of drug-likeness (QED) is 0.677. The fourth-order valence-corrected chi connectivity index (χ4v) is 3.84. The van der Waals surface area contributed by atoms with Gasteiger partial charge in [-0.3, -0.25) is 9.59 Å². The molecule has 0 radical (unpaired) electrons. The Morgan fingerprint density at radius 3 is 2.45 bits per heavy atom. The topological polar surface area (TPSA) is 92.3 Å². The van der Waals surface area contributed by atoms with Crippen molar-refractivity contribution in [3.8, 4) is 23.0 Å². The van der Waals surface area contributed by atoms with Crippen LogP contribution in [0.3, 0.4) is 0 Å². The van der Waals surface area contributed by atoms with E-state index in [4.69, 9.17) is 23.7 Å². The Bertz CT molecular complexity index is 982. The molecule has 0 saturated heterocycles. The summed E-state index contributed by atoms with van der Waals surface area (Å²) in [6.45, 7) is -0.384. The Kier molecular flexibility index (Phi) is 5.88. The third kappa shape index (κ3) is 4.68. The minimum atomic E-state index is -0.551. The molecule has 2 aromatic carbocycles. The van der Waals surface area contributed by atoms with Crippen LogP contribution < -0.4 is 24.3 Å². The molecule has 4 rings (SSSR count). The van der Waals surface area contributed by atoms with Crippen molar-refractivity contribution in [3.05, 3.63) is 42.0 Å². The molecule has 164 valence electrons. The van der Waals surface area contributed by atoms with Crippen LogP contribution in [0.1, 0.15) is 31.2 Å². The molecule has 31 heavy (non-hydrogen) atoms. The Balaban J connectivity index is 1.28. The first-order chi connectivity index (χ1) is 15.0. The summed E-state index contributed by atoms with van der Waals surface area (Å²) < 4.78 is 27.5. The summed E-state index contributed by atoms with van der Waals surface area (Å²) in [6, 6.07) is 10.4. The Morgan fingerprint density at radius 1 is 0.968 bits per heavy atom. The number of esters is 1. The summed E-state index contributed by atoms with van der Waals surface area (Å²) >= 11 is 0. The maximum absolute atomic E-state index is 12.2. The highest BCUT2D eigenvalue weighted by Gasteiger charge is 2.44. The van der Waals surface area contributed by atoms with Crippen molar-refractivity contribution in [1.29, 1.82) is 0 Å². The number of methoxy groups -OCH3 is 2. The molecule has 1 amide bonds.